The van der Waals surface area contributed by atoms with Crippen molar-refractivity contribution in [3.63, 3.8) is 0 Å². The Bertz CT molecular complexity index is 1690. The molecule has 5 rings (SSSR count). The molecule has 0 bridgehead atoms. The van der Waals surface area contributed by atoms with Gasteiger partial charge in [0.1, 0.15) is 23.3 Å². The van der Waals surface area contributed by atoms with Crippen LogP contribution in [-0.4, -0.2) is 36.6 Å². The lowest BCUT2D eigenvalue weighted by atomic mass is 10.0. The number of para-hydroxylation sites is 1. The van der Waals surface area contributed by atoms with Crippen LogP contribution < -0.4 is 21.3 Å². The van der Waals surface area contributed by atoms with Gasteiger partial charge in [-0.1, -0.05) is 30.3 Å². The van der Waals surface area contributed by atoms with E-state index in [0.717, 1.165) is 0 Å². The molecule has 0 aliphatic carbocycles. The number of nitrogen functional groups attached to an aromatic ring is 1. The van der Waals surface area contributed by atoms with Crippen molar-refractivity contribution in [3.8, 4) is 28.9 Å². The van der Waals surface area contributed by atoms with Crippen molar-refractivity contribution in [1.82, 2.24) is 29.5 Å². The Morgan fingerprint density at radius 1 is 1.03 bits per heavy atom. The molecule has 37 heavy (non-hydrogen) atoms. The summed E-state index contributed by atoms with van der Waals surface area (Å²) >= 11 is 0. The molecule has 182 valence electrons. The predicted octanol–water partition coefficient (Wildman–Crippen LogP) is 3.27. The van der Waals surface area contributed by atoms with Gasteiger partial charge in [-0.2, -0.15) is 10.2 Å². The van der Waals surface area contributed by atoms with E-state index in [4.69, 9.17) is 15.5 Å². The number of methoxy groups -OCH3 is 1. The smallest absolute Gasteiger partial charge is 0.316 e. The van der Waals surface area contributed by atoms with Crippen LogP contribution in [0.3, 0.4) is 0 Å². The van der Waals surface area contributed by atoms with Crippen LogP contribution in [0.4, 0.5) is 11.8 Å². The van der Waals surface area contributed by atoms with E-state index in [9.17, 15) is 10.1 Å². The van der Waals surface area contributed by atoms with Crippen LogP contribution in [0.25, 0.3) is 27.7 Å². The number of benzene rings is 2. The lowest BCUT2D eigenvalue weighted by Gasteiger charge is -2.21. The Balaban J connectivity index is 1.73. The highest BCUT2D eigenvalue weighted by Gasteiger charge is 2.21. The molecule has 5 aromatic rings. The molecule has 0 fully saturated rings. The zero-order valence-electron chi connectivity index (χ0n) is 20.0. The number of hydrogen-bond donors (Lipinski definition) is 2. The zero-order chi connectivity index (χ0) is 25.9. The number of rotatable bonds is 6. The third-order valence-electron chi connectivity index (χ3n) is 5.73. The van der Waals surface area contributed by atoms with Gasteiger partial charge in [0.25, 0.3) is 5.56 Å². The van der Waals surface area contributed by atoms with Crippen LogP contribution in [0.15, 0.2) is 71.9 Å². The minimum atomic E-state index is -0.535. The number of ether oxygens (including phenoxy) is 1. The molecule has 0 spiro atoms. The minimum Gasteiger partial charge on any atom is -0.467 e. The van der Waals surface area contributed by atoms with Crippen LogP contribution >= 0.6 is 0 Å². The van der Waals surface area contributed by atoms with E-state index in [1.165, 1.54) is 13.3 Å². The SMILES string of the molecule is COc1ncc(-c2cccc3nc(C(C)Nc4nc(N)ncc4C#N)n(-c4ccccc4)c(=O)c23)cn1. The Labute approximate surface area is 211 Å². The number of hydrogen-bond acceptors (Lipinski definition) is 10. The highest BCUT2D eigenvalue weighted by Crippen LogP contribution is 2.28. The number of nitrogens with one attached hydrogen (secondary N) is 1. The number of nitrogens with zero attached hydrogens (tertiary/aromatic N) is 7. The molecule has 3 N–H and O–H groups in total. The van der Waals surface area contributed by atoms with Crippen LogP contribution in [0.2, 0.25) is 0 Å². The summed E-state index contributed by atoms with van der Waals surface area (Å²) in [5.74, 6) is 0.695. The lowest BCUT2D eigenvalue weighted by molar-refractivity contribution is 0.380. The third kappa shape index (κ3) is 4.39. The van der Waals surface area contributed by atoms with E-state index in [1.54, 1.807) is 23.0 Å². The molecule has 3 heterocycles. The van der Waals surface area contributed by atoms with Gasteiger partial charge in [-0.3, -0.25) is 9.36 Å². The van der Waals surface area contributed by atoms with Gasteiger partial charge in [-0.25, -0.2) is 19.9 Å². The first-order chi connectivity index (χ1) is 18.0. The van der Waals surface area contributed by atoms with Crippen molar-refractivity contribution in [3.05, 3.63) is 88.9 Å². The average Bonchev–Trinajstić information content (AvgIpc) is 2.93. The fourth-order valence-corrected chi connectivity index (χ4v) is 4.02. The summed E-state index contributed by atoms with van der Waals surface area (Å²) in [6, 6.07) is 16.4. The first-order valence-corrected chi connectivity index (χ1v) is 11.3. The van der Waals surface area contributed by atoms with E-state index >= 15 is 0 Å². The maximum absolute atomic E-state index is 14.1. The van der Waals surface area contributed by atoms with Crippen molar-refractivity contribution in [2.45, 2.75) is 13.0 Å². The minimum absolute atomic E-state index is 0.0203. The molecule has 2 aromatic carbocycles. The molecule has 11 nitrogen and oxygen atoms in total. The average molecular weight is 492 g/mol. The number of nitriles is 1. The molecule has 0 aliphatic rings. The third-order valence-corrected chi connectivity index (χ3v) is 5.73. The van der Waals surface area contributed by atoms with Gasteiger partial charge in [0.2, 0.25) is 5.95 Å². The summed E-state index contributed by atoms with van der Waals surface area (Å²) in [5.41, 5.74) is 8.12. The molecule has 0 aliphatic heterocycles. The van der Waals surface area contributed by atoms with Crippen molar-refractivity contribution in [2.75, 3.05) is 18.2 Å². The second-order valence-electron chi connectivity index (χ2n) is 8.07. The first-order valence-electron chi connectivity index (χ1n) is 11.3. The fraction of sp³-hybridized carbons (Fsp3) is 0.115. The second-order valence-corrected chi connectivity index (χ2v) is 8.07. The quantitative estimate of drug-likeness (QED) is 0.361. The summed E-state index contributed by atoms with van der Waals surface area (Å²) in [6.45, 7) is 1.83. The standard InChI is InChI=1S/C26H21N9O2/c1-15(32-22-16(11-27)12-29-25(28)34-22)23-33-20-10-6-9-19(17-13-30-26(37-2)31-14-17)21(20)24(36)35(23)18-7-4-3-5-8-18/h3-10,12-15H,1-2H3,(H3,28,29,32,34). The van der Waals surface area contributed by atoms with Crippen LogP contribution in [0.5, 0.6) is 6.01 Å². The summed E-state index contributed by atoms with van der Waals surface area (Å²) in [4.78, 5) is 35.4. The van der Waals surface area contributed by atoms with Crippen molar-refractivity contribution < 1.29 is 4.74 Å². The van der Waals surface area contributed by atoms with Crippen molar-refractivity contribution in [1.29, 1.82) is 5.26 Å². The van der Waals surface area contributed by atoms with Crippen molar-refractivity contribution in [2.24, 2.45) is 0 Å². The second kappa shape index (κ2) is 9.71. The molecule has 3 aromatic heterocycles. The van der Waals surface area contributed by atoms with Gasteiger partial charge in [-0.15, -0.1) is 0 Å². The van der Waals surface area contributed by atoms with Gasteiger partial charge >= 0.3 is 6.01 Å². The predicted molar refractivity (Wildman–Crippen MR) is 138 cm³/mol. The maximum Gasteiger partial charge on any atom is 0.316 e. The largest absolute Gasteiger partial charge is 0.467 e. The fourth-order valence-electron chi connectivity index (χ4n) is 4.02. The highest BCUT2D eigenvalue weighted by atomic mass is 16.5. The summed E-state index contributed by atoms with van der Waals surface area (Å²) in [7, 11) is 1.49. The van der Waals surface area contributed by atoms with Gasteiger partial charge in [-0.05, 0) is 30.7 Å². The first kappa shape index (κ1) is 23.4. The molecule has 1 atom stereocenters. The number of nitrogens with two attached hydrogens (primary N) is 1. The molecule has 0 saturated carbocycles. The molecule has 11 heteroatoms. The van der Waals surface area contributed by atoms with Crippen LogP contribution in [0.1, 0.15) is 24.4 Å². The Kier molecular flexibility index (Phi) is 6.13. The monoisotopic (exact) mass is 491 g/mol. The van der Waals surface area contributed by atoms with Gasteiger partial charge in [0.05, 0.1) is 35.9 Å². The van der Waals surface area contributed by atoms with E-state index in [-0.39, 0.29) is 28.9 Å². The van der Waals surface area contributed by atoms with Gasteiger partial charge in [0, 0.05) is 18.0 Å². The summed E-state index contributed by atoms with van der Waals surface area (Å²) < 4.78 is 6.61. The number of aromatic nitrogens is 6. The Hall–Kier alpha value is -5.37. The topological polar surface area (TPSA) is 158 Å². The molecular weight excluding hydrogens is 470 g/mol. The molecule has 1 unspecified atom stereocenters. The highest BCUT2D eigenvalue weighted by molar-refractivity contribution is 5.94. The van der Waals surface area contributed by atoms with Crippen LogP contribution in [0, 0.1) is 11.3 Å². The summed E-state index contributed by atoms with van der Waals surface area (Å²) in [5, 5.41) is 13.1. The Morgan fingerprint density at radius 2 is 1.78 bits per heavy atom. The number of fused-ring (bicyclic) bond motifs is 1. The van der Waals surface area contributed by atoms with Gasteiger partial charge in [0.15, 0.2) is 0 Å². The van der Waals surface area contributed by atoms with E-state index in [0.29, 0.717) is 33.5 Å². The summed E-state index contributed by atoms with van der Waals surface area (Å²) in [6.07, 6.45) is 4.56. The lowest BCUT2D eigenvalue weighted by Crippen LogP contribution is -2.28. The molecule has 0 radical (unpaired) electrons. The van der Waals surface area contributed by atoms with Crippen molar-refractivity contribution >= 4 is 22.7 Å². The molecule has 0 saturated heterocycles. The van der Waals surface area contributed by atoms with Crippen LogP contribution in [-0.2, 0) is 0 Å². The number of anilines is 2. The van der Waals surface area contributed by atoms with Gasteiger partial charge < -0.3 is 15.8 Å². The Morgan fingerprint density at radius 3 is 2.49 bits per heavy atom. The maximum atomic E-state index is 14.1. The van der Waals surface area contributed by atoms with E-state index in [1.807, 2.05) is 55.5 Å². The van der Waals surface area contributed by atoms with E-state index < -0.39 is 6.04 Å². The molecular formula is C26H21N9O2. The zero-order valence-corrected chi connectivity index (χ0v) is 20.0. The van der Waals surface area contributed by atoms with E-state index in [2.05, 4.69) is 25.3 Å². The molecule has 0 amide bonds. The normalized spacial score (nSPS) is 11.6.